The summed E-state index contributed by atoms with van der Waals surface area (Å²) in [5, 5.41) is 9.72. The van der Waals surface area contributed by atoms with Crippen molar-refractivity contribution in [1.29, 1.82) is 5.26 Å². The van der Waals surface area contributed by atoms with Crippen LogP contribution in [0.3, 0.4) is 0 Å². The number of rotatable bonds is 13. The number of carbonyl (C=O) groups is 1. The molecule has 2 rings (SSSR count). The second kappa shape index (κ2) is 17.4. The highest BCUT2D eigenvalue weighted by Gasteiger charge is 2.33. The molecular formula is C39H54N4O2. The van der Waals surface area contributed by atoms with Crippen LogP contribution in [0.4, 0.5) is 4.79 Å². The van der Waals surface area contributed by atoms with Crippen LogP contribution in [0.15, 0.2) is 113 Å². The van der Waals surface area contributed by atoms with Crippen molar-refractivity contribution < 1.29 is 9.53 Å². The normalized spacial score (nSPS) is 18.1. The molecule has 1 aliphatic carbocycles. The second-order valence-corrected chi connectivity index (χ2v) is 13.1. The molecule has 0 N–H and O–H groups in total. The van der Waals surface area contributed by atoms with Crippen molar-refractivity contribution in [1.82, 2.24) is 9.80 Å². The van der Waals surface area contributed by atoms with Gasteiger partial charge in [-0.2, -0.15) is 5.26 Å². The topological polar surface area (TPSA) is 68.9 Å². The lowest BCUT2D eigenvalue weighted by molar-refractivity contribution is 0.0226. The van der Waals surface area contributed by atoms with Gasteiger partial charge in [-0.3, -0.25) is 4.99 Å². The van der Waals surface area contributed by atoms with E-state index in [4.69, 9.17) is 9.73 Å². The maximum atomic E-state index is 13.0. The SMILES string of the molecule is C=C/C=C(C#N)\C=C(/C=C)N1C=C(C2=CCCCCC2)/C(=C(/C(=C)C)C(=C)CCCN(CC(C)C)C(=O)OC(C)(C)C)C1=NC. The summed E-state index contributed by atoms with van der Waals surface area (Å²) in [6, 6.07) is 2.23. The minimum Gasteiger partial charge on any atom is -0.444 e. The molecule has 0 aromatic heterocycles. The molecule has 45 heavy (non-hydrogen) atoms. The summed E-state index contributed by atoms with van der Waals surface area (Å²) >= 11 is 0. The average molecular weight is 611 g/mol. The number of ether oxygens (including phenoxy) is 1. The Morgan fingerprint density at radius 3 is 2.49 bits per heavy atom. The zero-order valence-electron chi connectivity index (χ0n) is 28.8. The van der Waals surface area contributed by atoms with E-state index in [1.807, 2.05) is 32.6 Å². The lowest BCUT2D eigenvalue weighted by atomic mass is 9.86. The largest absolute Gasteiger partial charge is 0.444 e. The fourth-order valence-electron chi connectivity index (χ4n) is 5.62. The average Bonchev–Trinajstić information content (AvgIpc) is 3.12. The number of amidine groups is 1. The number of aliphatic imine (C=N–C) groups is 1. The Morgan fingerprint density at radius 1 is 1.22 bits per heavy atom. The second-order valence-electron chi connectivity index (χ2n) is 13.1. The highest BCUT2D eigenvalue weighted by Crippen LogP contribution is 2.41. The van der Waals surface area contributed by atoms with Gasteiger partial charge in [0.25, 0.3) is 0 Å². The van der Waals surface area contributed by atoms with Crippen molar-refractivity contribution in [2.75, 3.05) is 20.1 Å². The van der Waals surface area contributed by atoms with E-state index in [1.54, 1.807) is 36.3 Å². The van der Waals surface area contributed by atoms with E-state index in [-0.39, 0.29) is 6.09 Å². The van der Waals surface area contributed by atoms with Crippen LogP contribution in [0.25, 0.3) is 0 Å². The molecule has 0 aromatic carbocycles. The molecule has 0 unspecified atom stereocenters. The first-order valence-corrected chi connectivity index (χ1v) is 16.1. The van der Waals surface area contributed by atoms with Gasteiger partial charge in [-0.05, 0) is 107 Å². The monoisotopic (exact) mass is 610 g/mol. The minimum absolute atomic E-state index is 0.288. The van der Waals surface area contributed by atoms with E-state index < -0.39 is 5.60 Å². The smallest absolute Gasteiger partial charge is 0.410 e. The Hall–Kier alpha value is -4.11. The van der Waals surface area contributed by atoms with Gasteiger partial charge in [0.15, 0.2) is 0 Å². The van der Waals surface area contributed by atoms with E-state index in [0.717, 1.165) is 65.1 Å². The zero-order chi connectivity index (χ0) is 33.7. The fourth-order valence-corrected chi connectivity index (χ4v) is 5.62. The Labute approximate surface area is 272 Å². The summed E-state index contributed by atoms with van der Waals surface area (Å²) in [5.74, 6) is 1.07. The molecule has 0 bridgehead atoms. The first kappa shape index (κ1) is 37.1. The highest BCUT2D eigenvalue weighted by molar-refractivity contribution is 6.09. The summed E-state index contributed by atoms with van der Waals surface area (Å²) in [4.78, 5) is 21.6. The molecule has 0 radical (unpaired) electrons. The highest BCUT2D eigenvalue weighted by atomic mass is 16.6. The van der Waals surface area contributed by atoms with E-state index in [1.165, 1.54) is 18.4 Å². The maximum absolute atomic E-state index is 13.0. The predicted molar refractivity (Wildman–Crippen MR) is 189 cm³/mol. The van der Waals surface area contributed by atoms with Gasteiger partial charge in [0.05, 0.1) is 11.6 Å². The molecule has 0 saturated carbocycles. The first-order chi connectivity index (χ1) is 21.3. The molecule has 0 spiro atoms. The van der Waals surface area contributed by atoms with Gasteiger partial charge in [-0.25, -0.2) is 4.79 Å². The van der Waals surface area contributed by atoms with Crippen LogP contribution < -0.4 is 0 Å². The lowest BCUT2D eigenvalue weighted by Gasteiger charge is -2.29. The number of hydrogen-bond acceptors (Lipinski definition) is 4. The molecule has 0 saturated heterocycles. The van der Waals surface area contributed by atoms with Crippen molar-refractivity contribution in [3.05, 3.63) is 108 Å². The van der Waals surface area contributed by atoms with Gasteiger partial charge in [0.1, 0.15) is 11.4 Å². The Morgan fingerprint density at radius 2 is 1.93 bits per heavy atom. The van der Waals surface area contributed by atoms with Crippen molar-refractivity contribution in [2.24, 2.45) is 10.9 Å². The summed E-state index contributed by atoms with van der Waals surface area (Å²) in [6.45, 7) is 29.8. The molecule has 6 nitrogen and oxygen atoms in total. The van der Waals surface area contributed by atoms with E-state index in [9.17, 15) is 10.1 Å². The molecule has 0 aromatic rings. The van der Waals surface area contributed by atoms with Gasteiger partial charge < -0.3 is 14.5 Å². The molecule has 6 heteroatoms. The third-order valence-corrected chi connectivity index (χ3v) is 7.47. The van der Waals surface area contributed by atoms with Crippen LogP contribution in [0.1, 0.15) is 86.5 Å². The summed E-state index contributed by atoms with van der Waals surface area (Å²) in [5.41, 5.74) is 6.86. The van der Waals surface area contributed by atoms with Crippen LogP contribution in [0.5, 0.6) is 0 Å². The van der Waals surface area contributed by atoms with Crippen molar-refractivity contribution >= 4 is 11.9 Å². The zero-order valence-corrected chi connectivity index (χ0v) is 28.8. The fraction of sp³-hybridized carbons (Fsp3) is 0.462. The Bertz CT molecular complexity index is 1380. The van der Waals surface area contributed by atoms with Gasteiger partial charge in [-0.15, -0.1) is 0 Å². The Kier molecular flexibility index (Phi) is 14.3. The molecule has 242 valence electrons. The minimum atomic E-state index is -0.554. The van der Waals surface area contributed by atoms with Crippen LogP contribution in [0, 0.1) is 17.2 Å². The van der Waals surface area contributed by atoms with E-state index >= 15 is 0 Å². The van der Waals surface area contributed by atoms with Crippen LogP contribution in [-0.4, -0.2) is 47.5 Å². The number of carbonyl (C=O) groups excluding carboxylic acids is 1. The first-order valence-electron chi connectivity index (χ1n) is 16.1. The standard InChI is InChI=1S/C39H54N4O2/c1-12-19-31(25-40)24-33(13-2)43-27-34(32-21-16-14-15-17-22-32)36(37(43)41-11)35(29(5)6)30(7)20-18-23-42(26-28(3)4)38(44)45-39(8,9)10/h12-13,19,21,24,27-28H,1-2,5,7,14-18,20,22-23,26H2,3-4,6,8-11H3/b31-19+,33-24+,36-35+,41-37?. The van der Waals surface area contributed by atoms with E-state index in [2.05, 4.69) is 58.5 Å². The molecule has 0 fully saturated rings. The maximum Gasteiger partial charge on any atom is 0.410 e. The summed E-state index contributed by atoms with van der Waals surface area (Å²) in [7, 11) is 1.79. The molecule has 1 aliphatic heterocycles. The van der Waals surface area contributed by atoms with Crippen molar-refractivity contribution in [3.63, 3.8) is 0 Å². The number of nitriles is 1. The Balaban J connectivity index is 2.59. The van der Waals surface area contributed by atoms with Gasteiger partial charge in [0, 0.05) is 43.2 Å². The van der Waals surface area contributed by atoms with Crippen LogP contribution >= 0.6 is 0 Å². The van der Waals surface area contributed by atoms with Crippen LogP contribution in [-0.2, 0) is 4.74 Å². The van der Waals surface area contributed by atoms with Gasteiger partial charge >= 0.3 is 6.09 Å². The summed E-state index contributed by atoms with van der Waals surface area (Å²) in [6.07, 6.45) is 17.9. The van der Waals surface area contributed by atoms with Gasteiger partial charge in [-0.1, -0.05) is 64.3 Å². The third-order valence-electron chi connectivity index (χ3n) is 7.47. The van der Waals surface area contributed by atoms with Crippen LogP contribution in [0.2, 0.25) is 0 Å². The third kappa shape index (κ3) is 10.8. The lowest BCUT2D eigenvalue weighted by Crippen LogP contribution is -2.39. The summed E-state index contributed by atoms with van der Waals surface area (Å²) < 4.78 is 5.70. The predicted octanol–water partition coefficient (Wildman–Crippen LogP) is 9.91. The molecular weight excluding hydrogens is 556 g/mol. The molecule has 0 atom stereocenters. The van der Waals surface area contributed by atoms with Crippen molar-refractivity contribution in [2.45, 2.75) is 92.1 Å². The molecule has 2 aliphatic rings. The number of nitrogens with zero attached hydrogens (tertiary/aromatic N) is 4. The number of hydrogen-bond donors (Lipinski definition) is 0. The molecule has 1 amide bonds. The number of amides is 1. The molecule has 1 heterocycles. The van der Waals surface area contributed by atoms with Crippen molar-refractivity contribution in [3.8, 4) is 6.07 Å². The number of allylic oxidation sites excluding steroid dienone is 10. The van der Waals surface area contributed by atoms with E-state index in [0.29, 0.717) is 31.0 Å². The van der Waals surface area contributed by atoms with Gasteiger partial charge in [0.2, 0.25) is 0 Å². The quantitative estimate of drug-likeness (QED) is 0.154.